The van der Waals surface area contributed by atoms with Crippen LogP contribution in [0.3, 0.4) is 0 Å². The monoisotopic (exact) mass is 404 g/mol. The van der Waals surface area contributed by atoms with Gasteiger partial charge in [0.1, 0.15) is 5.60 Å². The number of nitrogens with one attached hydrogen (secondary N) is 1. The van der Waals surface area contributed by atoms with E-state index in [0.717, 1.165) is 75.5 Å². The third-order valence-corrected chi connectivity index (χ3v) is 8.73. The van der Waals surface area contributed by atoms with Gasteiger partial charge in [-0.05, 0) is 107 Å². The molecule has 1 amide bonds. The molecule has 6 rings (SSSR count). The summed E-state index contributed by atoms with van der Waals surface area (Å²) in [6.07, 6.45) is 17.2. The first-order valence-electron chi connectivity index (χ1n) is 12.4. The molecule has 164 valence electrons. The zero-order valence-corrected chi connectivity index (χ0v) is 18.0. The van der Waals surface area contributed by atoms with Crippen LogP contribution in [0.2, 0.25) is 0 Å². The number of carbonyl (C=O) groups is 1. The van der Waals surface area contributed by atoms with Gasteiger partial charge in [-0.3, -0.25) is 4.79 Å². The summed E-state index contributed by atoms with van der Waals surface area (Å²) in [6.45, 7) is 0. The van der Waals surface area contributed by atoms with Crippen LogP contribution in [0.15, 0.2) is 0 Å². The maximum Gasteiger partial charge on any atom is 0.220 e. The third kappa shape index (κ3) is 4.83. The summed E-state index contributed by atoms with van der Waals surface area (Å²) < 4.78 is 0. The Morgan fingerprint density at radius 2 is 1.66 bits per heavy atom. The molecular weight excluding hydrogens is 364 g/mol. The van der Waals surface area contributed by atoms with Crippen LogP contribution in [-0.4, -0.2) is 29.7 Å². The molecule has 0 aromatic carbocycles. The lowest BCUT2D eigenvalue weighted by Crippen LogP contribution is -2.43. The zero-order valence-electron chi connectivity index (χ0n) is 18.0. The summed E-state index contributed by atoms with van der Waals surface area (Å²) in [5.74, 6) is 3.15. The Kier molecular flexibility index (Phi) is 5.92. The normalized spacial score (nSPS) is 47.4. The van der Waals surface area contributed by atoms with Crippen molar-refractivity contribution in [3.63, 3.8) is 0 Å². The molecule has 4 saturated carbocycles. The average Bonchev–Trinajstić information content (AvgIpc) is 2.75. The van der Waals surface area contributed by atoms with Gasteiger partial charge in [-0.25, -0.2) is 9.78 Å². The lowest BCUT2D eigenvalue weighted by atomic mass is 9.63. The fourth-order valence-corrected chi connectivity index (χ4v) is 7.59. The molecule has 2 heterocycles. The zero-order chi connectivity index (χ0) is 19.8. The maximum atomic E-state index is 12.7. The number of hydrogen-bond acceptors (Lipinski definition) is 4. The lowest BCUT2D eigenvalue weighted by Gasteiger charge is -2.42. The van der Waals surface area contributed by atoms with E-state index < -0.39 is 0 Å². The molecule has 29 heavy (non-hydrogen) atoms. The van der Waals surface area contributed by atoms with E-state index in [0.29, 0.717) is 30.5 Å². The molecule has 0 aromatic rings. The summed E-state index contributed by atoms with van der Waals surface area (Å²) in [6, 6.07) is 0.655. The molecule has 2 aliphatic heterocycles. The predicted molar refractivity (Wildman–Crippen MR) is 112 cm³/mol. The van der Waals surface area contributed by atoms with Crippen molar-refractivity contribution in [3.8, 4) is 0 Å². The smallest absolute Gasteiger partial charge is 0.220 e. The first-order valence-corrected chi connectivity index (χ1v) is 12.4. The fraction of sp³-hybridized carbons (Fsp3) is 0.958. The second kappa shape index (κ2) is 8.47. The number of nitrogens with two attached hydrogens (primary N) is 1. The largest absolute Gasteiger partial charge is 0.353 e. The van der Waals surface area contributed by atoms with E-state index in [4.69, 9.17) is 15.5 Å². The van der Waals surface area contributed by atoms with Crippen LogP contribution in [0.25, 0.3) is 0 Å². The number of carbonyl (C=O) groups excluding carboxylic acids is 1. The van der Waals surface area contributed by atoms with Crippen LogP contribution in [0, 0.1) is 23.7 Å². The Morgan fingerprint density at radius 1 is 0.931 bits per heavy atom. The van der Waals surface area contributed by atoms with Crippen LogP contribution < -0.4 is 11.1 Å². The van der Waals surface area contributed by atoms with Crippen molar-refractivity contribution < 1.29 is 14.6 Å². The highest BCUT2D eigenvalue weighted by Crippen LogP contribution is 2.51. The Bertz CT molecular complexity index is 577. The van der Waals surface area contributed by atoms with Gasteiger partial charge in [-0.1, -0.05) is 6.42 Å². The second-order valence-corrected chi connectivity index (χ2v) is 11.3. The lowest BCUT2D eigenvalue weighted by molar-refractivity contribution is -0.396. The summed E-state index contributed by atoms with van der Waals surface area (Å²) in [7, 11) is 0. The van der Waals surface area contributed by atoms with Crippen molar-refractivity contribution >= 4 is 5.91 Å². The number of fused-ring (bicyclic) bond motifs is 1. The Morgan fingerprint density at radius 3 is 2.41 bits per heavy atom. The molecule has 4 atom stereocenters. The number of rotatable bonds is 3. The van der Waals surface area contributed by atoms with Gasteiger partial charge in [-0.15, -0.1) is 0 Å². The van der Waals surface area contributed by atoms with Crippen molar-refractivity contribution in [2.24, 2.45) is 29.4 Å². The van der Waals surface area contributed by atoms with Gasteiger partial charge in [0, 0.05) is 18.5 Å². The van der Waals surface area contributed by atoms with Gasteiger partial charge in [0.05, 0.1) is 6.10 Å². The molecule has 2 saturated heterocycles. The molecule has 5 nitrogen and oxygen atoms in total. The molecule has 0 aromatic heterocycles. The minimum atomic E-state index is -0.148. The summed E-state index contributed by atoms with van der Waals surface area (Å²) in [4.78, 5) is 25.1. The first kappa shape index (κ1) is 20.3. The predicted octanol–water partition coefficient (Wildman–Crippen LogP) is 4.24. The minimum absolute atomic E-state index is 0.148. The first-order chi connectivity index (χ1) is 14.1. The summed E-state index contributed by atoms with van der Waals surface area (Å²) in [5.41, 5.74) is 5.85. The van der Waals surface area contributed by atoms with Crippen molar-refractivity contribution in [3.05, 3.63) is 0 Å². The highest BCUT2D eigenvalue weighted by Gasteiger charge is 2.47. The molecule has 6 fully saturated rings. The molecular formula is C24H40N2O3. The molecule has 4 bridgehead atoms. The Labute approximate surface area is 175 Å². The van der Waals surface area contributed by atoms with Crippen LogP contribution in [0.4, 0.5) is 0 Å². The van der Waals surface area contributed by atoms with Crippen LogP contribution in [0.1, 0.15) is 96.3 Å². The average molecular weight is 405 g/mol. The third-order valence-electron chi connectivity index (χ3n) is 8.73. The van der Waals surface area contributed by atoms with Crippen LogP contribution in [-0.2, 0) is 14.6 Å². The van der Waals surface area contributed by atoms with Crippen molar-refractivity contribution in [2.75, 3.05) is 0 Å². The van der Waals surface area contributed by atoms with E-state index in [1.54, 1.807) is 0 Å². The van der Waals surface area contributed by atoms with Gasteiger partial charge < -0.3 is 11.1 Å². The minimum Gasteiger partial charge on any atom is -0.353 e. The molecule has 5 heteroatoms. The summed E-state index contributed by atoms with van der Waals surface area (Å²) >= 11 is 0. The number of amides is 1. The Hall–Kier alpha value is -0.650. The van der Waals surface area contributed by atoms with Crippen molar-refractivity contribution in [1.29, 1.82) is 0 Å². The van der Waals surface area contributed by atoms with Crippen molar-refractivity contribution in [2.45, 2.75) is 120 Å². The summed E-state index contributed by atoms with van der Waals surface area (Å²) in [5, 5.41) is 3.29. The highest BCUT2D eigenvalue weighted by atomic mass is 17.2. The highest BCUT2D eigenvalue weighted by molar-refractivity contribution is 5.76. The molecule has 2 unspecified atom stereocenters. The molecule has 0 radical (unpaired) electrons. The molecule has 4 aliphatic carbocycles. The second-order valence-electron chi connectivity index (χ2n) is 11.3. The van der Waals surface area contributed by atoms with E-state index in [1.807, 2.05) is 0 Å². The van der Waals surface area contributed by atoms with Crippen LogP contribution >= 0.6 is 0 Å². The number of hydrogen-bond donors (Lipinski definition) is 2. The van der Waals surface area contributed by atoms with E-state index in [9.17, 15) is 4.79 Å². The quantitative estimate of drug-likeness (QED) is 0.690. The molecule has 6 aliphatic rings. The fourth-order valence-electron chi connectivity index (χ4n) is 7.59. The van der Waals surface area contributed by atoms with Crippen molar-refractivity contribution in [1.82, 2.24) is 5.32 Å². The van der Waals surface area contributed by atoms with E-state index in [-0.39, 0.29) is 11.5 Å². The van der Waals surface area contributed by atoms with Crippen LogP contribution in [0.5, 0.6) is 0 Å². The van der Waals surface area contributed by atoms with E-state index in [1.165, 1.54) is 32.1 Å². The maximum absolute atomic E-state index is 12.7. The van der Waals surface area contributed by atoms with Gasteiger partial charge >= 0.3 is 0 Å². The van der Waals surface area contributed by atoms with Gasteiger partial charge in [-0.2, -0.15) is 0 Å². The molecule has 3 N–H and O–H groups in total. The van der Waals surface area contributed by atoms with Gasteiger partial charge in [0.15, 0.2) is 0 Å². The van der Waals surface area contributed by atoms with Gasteiger partial charge in [0.25, 0.3) is 0 Å². The van der Waals surface area contributed by atoms with Gasteiger partial charge in [0.2, 0.25) is 5.91 Å². The SMILES string of the molecule is NC1CCC(NC(=O)C[C@@H]2CCC[C@]3(CC4CC5CC(C4)CC(C5)OO3)C2)CC1. The topological polar surface area (TPSA) is 73.6 Å². The van der Waals surface area contributed by atoms with E-state index >= 15 is 0 Å². The Balaban J connectivity index is 1.19. The van der Waals surface area contributed by atoms with E-state index in [2.05, 4.69) is 5.32 Å². The standard InChI is InChI=1S/C24H40N2O3/c25-20-3-5-21(6-4-20)26-23(27)13-16-2-1-7-24(14-16)15-19-9-17-8-18(10-19)12-22(11-17)28-29-24/h16-22H,1-15,25H2,(H,26,27)/t16-,17?,18?,19?,20?,21?,22?,24+/m0/s1. The molecule has 1 spiro atoms.